The van der Waals surface area contributed by atoms with Crippen molar-refractivity contribution >= 4 is 16.9 Å². The summed E-state index contributed by atoms with van der Waals surface area (Å²) in [5.74, 6) is 2.34. The number of para-hydroxylation sites is 2. The Morgan fingerprint density at radius 2 is 2.04 bits per heavy atom. The largest absolute Gasteiger partial charge is 0.440 e. The van der Waals surface area contributed by atoms with Gasteiger partial charge in [0.25, 0.3) is 0 Å². The van der Waals surface area contributed by atoms with E-state index in [1.54, 1.807) is 6.33 Å². The lowest BCUT2D eigenvalue weighted by Gasteiger charge is -2.33. The molecule has 0 N–H and O–H groups in total. The van der Waals surface area contributed by atoms with Crippen LogP contribution in [0.1, 0.15) is 42.3 Å². The first-order chi connectivity index (χ1) is 11.9. The summed E-state index contributed by atoms with van der Waals surface area (Å²) in [5.41, 5.74) is 4.43. The Morgan fingerprint density at radius 1 is 1.08 bits per heavy atom. The number of benzene rings is 1. The standard InChI is InChI=1S/C19H20N4O/c1-2-9-17-16(7-1)22-19(24-17)13-5-4-10-23(11-13)18-14-6-3-8-15(14)20-12-21-18/h1-2,7,9,12-13H,3-6,8,10-11H2. The fraction of sp³-hybridized carbons (Fsp3) is 0.421. The van der Waals surface area contributed by atoms with E-state index in [2.05, 4.69) is 14.9 Å². The molecule has 24 heavy (non-hydrogen) atoms. The minimum atomic E-state index is 0.332. The maximum Gasteiger partial charge on any atom is 0.200 e. The predicted molar refractivity (Wildman–Crippen MR) is 92.3 cm³/mol. The third-order valence-corrected chi connectivity index (χ3v) is 5.23. The Labute approximate surface area is 140 Å². The number of anilines is 1. The molecule has 1 fully saturated rings. The van der Waals surface area contributed by atoms with Crippen LogP contribution >= 0.6 is 0 Å². The molecule has 1 atom stereocenters. The van der Waals surface area contributed by atoms with Gasteiger partial charge in [-0.25, -0.2) is 15.0 Å². The Hall–Kier alpha value is -2.43. The van der Waals surface area contributed by atoms with Crippen LogP contribution in [0.25, 0.3) is 11.1 Å². The molecular formula is C19H20N4O. The molecular weight excluding hydrogens is 300 g/mol. The number of oxazole rings is 1. The number of aromatic nitrogens is 3. The van der Waals surface area contributed by atoms with Crippen LogP contribution in [0.2, 0.25) is 0 Å². The molecule has 2 aromatic heterocycles. The molecule has 1 unspecified atom stereocenters. The average molecular weight is 320 g/mol. The van der Waals surface area contributed by atoms with Gasteiger partial charge in [-0.05, 0) is 44.2 Å². The molecule has 0 amide bonds. The SMILES string of the molecule is c1ccc2oc(C3CCCN(c4ncnc5c4CCC5)C3)nc2c1. The molecule has 0 radical (unpaired) electrons. The summed E-state index contributed by atoms with van der Waals surface area (Å²) in [5, 5.41) is 0. The summed E-state index contributed by atoms with van der Waals surface area (Å²) in [6, 6.07) is 8.00. The second-order valence-electron chi connectivity index (χ2n) is 6.78. The van der Waals surface area contributed by atoms with Crippen LogP contribution in [0.4, 0.5) is 5.82 Å². The van der Waals surface area contributed by atoms with E-state index in [9.17, 15) is 0 Å². The highest BCUT2D eigenvalue weighted by Crippen LogP contribution is 2.34. The maximum absolute atomic E-state index is 6.01. The topological polar surface area (TPSA) is 55.1 Å². The first-order valence-electron chi connectivity index (χ1n) is 8.81. The van der Waals surface area contributed by atoms with Crippen LogP contribution in [0.5, 0.6) is 0 Å². The second kappa shape index (κ2) is 5.58. The second-order valence-corrected chi connectivity index (χ2v) is 6.78. The van der Waals surface area contributed by atoms with Gasteiger partial charge in [0.15, 0.2) is 11.5 Å². The number of fused-ring (bicyclic) bond motifs is 2. The lowest BCUT2D eigenvalue weighted by Crippen LogP contribution is -2.35. The van der Waals surface area contributed by atoms with E-state index in [-0.39, 0.29) is 0 Å². The van der Waals surface area contributed by atoms with E-state index in [1.165, 1.54) is 17.7 Å². The maximum atomic E-state index is 6.01. The smallest absolute Gasteiger partial charge is 0.200 e. The van der Waals surface area contributed by atoms with Crippen LogP contribution in [0.15, 0.2) is 35.0 Å². The van der Waals surface area contributed by atoms with Gasteiger partial charge in [0.1, 0.15) is 17.7 Å². The highest BCUT2D eigenvalue weighted by molar-refractivity contribution is 5.72. The van der Waals surface area contributed by atoms with Crippen molar-refractivity contribution in [3.8, 4) is 0 Å². The summed E-state index contributed by atoms with van der Waals surface area (Å²) in [6.07, 6.45) is 7.38. The minimum Gasteiger partial charge on any atom is -0.440 e. The van der Waals surface area contributed by atoms with Gasteiger partial charge in [0, 0.05) is 24.3 Å². The van der Waals surface area contributed by atoms with Crippen LogP contribution in [-0.4, -0.2) is 28.0 Å². The van der Waals surface area contributed by atoms with Crippen molar-refractivity contribution in [2.75, 3.05) is 18.0 Å². The van der Waals surface area contributed by atoms with Crippen molar-refractivity contribution in [3.63, 3.8) is 0 Å². The average Bonchev–Trinajstić information content (AvgIpc) is 3.28. The molecule has 1 saturated heterocycles. The zero-order valence-corrected chi connectivity index (χ0v) is 13.6. The van der Waals surface area contributed by atoms with Gasteiger partial charge >= 0.3 is 0 Å². The molecule has 1 aromatic carbocycles. The molecule has 0 bridgehead atoms. The van der Waals surface area contributed by atoms with E-state index in [0.29, 0.717) is 5.92 Å². The lowest BCUT2D eigenvalue weighted by molar-refractivity contribution is 0.412. The normalized spacial score (nSPS) is 20.5. The van der Waals surface area contributed by atoms with Crippen LogP contribution in [0.3, 0.4) is 0 Å². The molecule has 5 heteroatoms. The summed E-state index contributed by atoms with van der Waals surface area (Å²) < 4.78 is 6.01. The minimum absolute atomic E-state index is 0.332. The number of hydrogen-bond acceptors (Lipinski definition) is 5. The zero-order valence-electron chi connectivity index (χ0n) is 13.6. The Balaban J connectivity index is 1.45. The number of rotatable bonds is 2. The molecule has 3 heterocycles. The van der Waals surface area contributed by atoms with Crippen LogP contribution in [0, 0.1) is 0 Å². The van der Waals surface area contributed by atoms with Crippen LogP contribution in [-0.2, 0) is 12.8 Å². The van der Waals surface area contributed by atoms with Gasteiger partial charge in [0.05, 0.1) is 5.92 Å². The Bertz CT molecular complexity index is 855. The molecule has 3 aromatic rings. The zero-order chi connectivity index (χ0) is 15.9. The van der Waals surface area contributed by atoms with Crippen molar-refractivity contribution in [2.45, 2.75) is 38.0 Å². The van der Waals surface area contributed by atoms with Gasteiger partial charge in [-0.15, -0.1) is 0 Å². The quantitative estimate of drug-likeness (QED) is 0.723. The molecule has 122 valence electrons. The molecule has 5 nitrogen and oxygen atoms in total. The molecule has 0 saturated carbocycles. The third kappa shape index (κ3) is 2.27. The highest BCUT2D eigenvalue weighted by Gasteiger charge is 2.29. The van der Waals surface area contributed by atoms with Gasteiger partial charge < -0.3 is 9.32 Å². The number of hydrogen-bond donors (Lipinski definition) is 0. The van der Waals surface area contributed by atoms with Gasteiger partial charge in [0.2, 0.25) is 0 Å². The fourth-order valence-electron chi connectivity index (χ4n) is 4.05. The Morgan fingerprint density at radius 3 is 3.00 bits per heavy atom. The van der Waals surface area contributed by atoms with Gasteiger partial charge in [-0.3, -0.25) is 0 Å². The summed E-state index contributed by atoms with van der Waals surface area (Å²) in [7, 11) is 0. The number of aryl methyl sites for hydroxylation is 1. The van der Waals surface area contributed by atoms with Crippen molar-refractivity contribution in [1.29, 1.82) is 0 Å². The molecule has 2 aliphatic rings. The molecule has 0 spiro atoms. The van der Waals surface area contributed by atoms with Crippen molar-refractivity contribution < 1.29 is 4.42 Å². The lowest BCUT2D eigenvalue weighted by atomic mass is 9.97. The first kappa shape index (κ1) is 14.0. The van der Waals surface area contributed by atoms with Crippen molar-refractivity contribution in [2.24, 2.45) is 0 Å². The summed E-state index contributed by atoms with van der Waals surface area (Å²) in [6.45, 7) is 1.98. The Kier molecular flexibility index (Phi) is 3.25. The highest BCUT2D eigenvalue weighted by atomic mass is 16.3. The van der Waals surface area contributed by atoms with E-state index < -0.39 is 0 Å². The fourth-order valence-corrected chi connectivity index (χ4v) is 4.05. The van der Waals surface area contributed by atoms with Crippen LogP contribution < -0.4 is 4.90 Å². The van der Waals surface area contributed by atoms with E-state index >= 15 is 0 Å². The molecule has 1 aliphatic heterocycles. The monoisotopic (exact) mass is 320 g/mol. The summed E-state index contributed by atoms with van der Waals surface area (Å²) in [4.78, 5) is 16.2. The van der Waals surface area contributed by atoms with Crippen molar-refractivity contribution in [3.05, 3.63) is 47.7 Å². The first-order valence-corrected chi connectivity index (χ1v) is 8.81. The molecule has 1 aliphatic carbocycles. The van der Waals surface area contributed by atoms with Gasteiger partial charge in [-0.2, -0.15) is 0 Å². The predicted octanol–water partition coefficient (Wildman–Crippen LogP) is 3.49. The van der Waals surface area contributed by atoms with Gasteiger partial charge in [-0.1, -0.05) is 12.1 Å². The summed E-state index contributed by atoms with van der Waals surface area (Å²) >= 11 is 0. The van der Waals surface area contributed by atoms with E-state index in [4.69, 9.17) is 9.40 Å². The number of piperidine rings is 1. The number of nitrogens with zero attached hydrogens (tertiary/aromatic N) is 4. The third-order valence-electron chi connectivity index (χ3n) is 5.23. The van der Waals surface area contributed by atoms with E-state index in [0.717, 1.165) is 61.6 Å². The van der Waals surface area contributed by atoms with E-state index in [1.807, 2.05) is 24.3 Å². The molecule has 5 rings (SSSR count). The van der Waals surface area contributed by atoms with Crippen molar-refractivity contribution in [1.82, 2.24) is 15.0 Å².